The summed E-state index contributed by atoms with van der Waals surface area (Å²) in [6.07, 6.45) is 5.97. The Bertz CT molecular complexity index is 1020. The molecule has 7 nitrogen and oxygen atoms in total. The first-order valence-corrected chi connectivity index (χ1v) is 10.7. The summed E-state index contributed by atoms with van der Waals surface area (Å²) in [4.78, 5) is 24.9. The van der Waals surface area contributed by atoms with Crippen molar-refractivity contribution < 1.29 is 9.53 Å². The van der Waals surface area contributed by atoms with Crippen LogP contribution in [0.2, 0.25) is 0 Å². The number of aromatic nitrogens is 4. The van der Waals surface area contributed by atoms with Gasteiger partial charge in [0.05, 0.1) is 23.3 Å². The Labute approximate surface area is 177 Å². The van der Waals surface area contributed by atoms with Crippen LogP contribution in [0, 0.1) is 6.92 Å². The Kier molecular flexibility index (Phi) is 6.08. The van der Waals surface area contributed by atoms with Crippen molar-refractivity contribution in [2.75, 3.05) is 26.8 Å². The number of hydrogen-bond acceptors (Lipinski definition) is 5. The monoisotopic (exact) mass is 407 g/mol. The fourth-order valence-electron chi connectivity index (χ4n) is 3.74. The highest BCUT2D eigenvalue weighted by molar-refractivity contribution is 6.06. The van der Waals surface area contributed by atoms with Gasteiger partial charge in [0.25, 0.3) is 5.91 Å². The molecule has 3 heterocycles. The molecule has 3 aromatic heterocycles. The van der Waals surface area contributed by atoms with Gasteiger partial charge in [-0.25, -0.2) is 9.97 Å². The zero-order valence-corrected chi connectivity index (χ0v) is 18.0. The summed E-state index contributed by atoms with van der Waals surface area (Å²) in [5.74, 6) is 1.16. The predicted octanol–water partition coefficient (Wildman–Crippen LogP) is 3.89. The van der Waals surface area contributed by atoms with Crippen LogP contribution in [0.15, 0.2) is 30.5 Å². The van der Waals surface area contributed by atoms with E-state index in [0.29, 0.717) is 42.6 Å². The maximum absolute atomic E-state index is 13.7. The van der Waals surface area contributed by atoms with Crippen LogP contribution < -0.4 is 0 Å². The smallest absolute Gasteiger partial charge is 0.254 e. The van der Waals surface area contributed by atoms with E-state index < -0.39 is 0 Å². The van der Waals surface area contributed by atoms with E-state index in [0.717, 1.165) is 42.5 Å². The third kappa shape index (κ3) is 4.07. The molecule has 0 unspecified atom stereocenters. The molecule has 7 heteroatoms. The first kappa shape index (κ1) is 20.5. The fourth-order valence-corrected chi connectivity index (χ4v) is 3.74. The molecule has 3 aromatic rings. The average Bonchev–Trinajstić information content (AvgIpc) is 3.57. The minimum atomic E-state index is 0.0264. The molecular weight excluding hydrogens is 378 g/mol. The lowest BCUT2D eigenvalue weighted by Gasteiger charge is -2.23. The Morgan fingerprint density at radius 1 is 1.30 bits per heavy atom. The summed E-state index contributed by atoms with van der Waals surface area (Å²) in [5.41, 5.74) is 3.16. The number of methoxy groups -OCH3 is 1. The lowest BCUT2D eigenvalue weighted by Crippen LogP contribution is -2.35. The maximum atomic E-state index is 13.7. The molecule has 0 radical (unpaired) electrons. The first-order chi connectivity index (χ1) is 14.6. The second-order valence-electron chi connectivity index (χ2n) is 7.89. The van der Waals surface area contributed by atoms with E-state index >= 15 is 0 Å². The van der Waals surface area contributed by atoms with E-state index in [1.165, 1.54) is 0 Å². The third-order valence-corrected chi connectivity index (χ3v) is 5.56. The number of unbranched alkanes of at least 4 members (excludes halogenated alkanes) is 1. The van der Waals surface area contributed by atoms with Gasteiger partial charge in [0.2, 0.25) is 0 Å². The SMILES string of the molecule is CCCCN(CCOC)C(=O)c1cc(C2CC2)nc2c1c(C)nn2-c1ccccn1. The van der Waals surface area contributed by atoms with Crippen LogP contribution >= 0.6 is 0 Å². The van der Waals surface area contributed by atoms with E-state index in [-0.39, 0.29) is 5.91 Å². The van der Waals surface area contributed by atoms with Crippen LogP contribution in [0.4, 0.5) is 0 Å². The number of rotatable bonds is 9. The lowest BCUT2D eigenvalue weighted by atomic mass is 10.1. The number of ether oxygens (including phenoxy) is 1. The number of carbonyl (C=O) groups is 1. The highest BCUT2D eigenvalue weighted by Crippen LogP contribution is 2.40. The minimum absolute atomic E-state index is 0.0264. The number of fused-ring (bicyclic) bond motifs is 1. The third-order valence-electron chi connectivity index (χ3n) is 5.56. The molecule has 0 N–H and O–H groups in total. The molecule has 1 saturated carbocycles. The maximum Gasteiger partial charge on any atom is 0.254 e. The number of carbonyl (C=O) groups excluding carboxylic acids is 1. The second-order valence-corrected chi connectivity index (χ2v) is 7.89. The second kappa shape index (κ2) is 8.92. The van der Waals surface area contributed by atoms with Gasteiger partial charge in [-0.1, -0.05) is 19.4 Å². The molecular formula is C23H29N5O2. The summed E-state index contributed by atoms with van der Waals surface area (Å²) in [5, 5.41) is 5.52. The van der Waals surface area contributed by atoms with E-state index in [2.05, 4.69) is 11.9 Å². The zero-order valence-electron chi connectivity index (χ0n) is 18.0. The molecule has 30 heavy (non-hydrogen) atoms. The molecule has 1 fully saturated rings. The van der Waals surface area contributed by atoms with Crippen molar-refractivity contribution >= 4 is 16.9 Å². The van der Waals surface area contributed by atoms with Crippen LogP contribution in [0.5, 0.6) is 0 Å². The molecule has 1 aliphatic rings. The van der Waals surface area contributed by atoms with Crippen molar-refractivity contribution in [3.8, 4) is 5.82 Å². The number of nitrogens with zero attached hydrogens (tertiary/aromatic N) is 5. The van der Waals surface area contributed by atoms with Gasteiger partial charge in [0.1, 0.15) is 0 Å². The molecule has 4 rings (SSSR count). The number of hydrogen-bond donors (Lipinski definition) is 0. The van der Waals surface area contributed by atoms with Crippen LogP contribution in [0.1, 0.15) is 60.3 Å². The molecule has 0 bridgehead atoms. The molecule has 0 spiro atoms. The minimum Gasteiger partial charge on any atom is -0.383 e. The largest absolute Gasteiger partial charge is 0.383 e. The van der Waals surface area contributed by atoms with Crippen molar-refractivity contribution in [1.82, 2.24) is 24.6 Å². The van der Waals surface area contributed by atoms with E-state index in [4.69, 9.17) is 14.8 Å². The molecule has 1 amide bonds. The summed E-state index contributed by atoms with van der Waals surface area (Å²) >= 11 is 0. The topological polar surface area (TPSA) is 73.1 Å². The van der Waals surface area contributed by atoms with Crippen molar-refractivity contribution in [3.05, 3.63) is 47.4 Å². The van der Waals surface area contributed by atoms with Gasteiger partial charge >= 0.3 is 0 Å². The number of amides is 1. The van der Waals surface area contributed by atoms with E-state index in [1.807, 2.05) is 36.1 Å². The van der Waals surface area contributed by atoms with E-state index in [1.54, 1.807) is 18.0 Å². The molecule has 0 aliphatic heterocycles. The van der Waals surface area contributed by atoms with Crippen LogP contribution in [-0.2, 0) is 4.74 Å². The Morgan fingerprint density at radius 3 is 2.80 bits per heavy atom. The highest BCUT2D eigenvalue weighted by Gasteiger charge is 2.30. The van der Waals surface area contributed by atoms with Crippen molar-refractivity contribution in [2.24, 2.45) is 0 Å². The van der Waals surface area contributed by atoms with Gasteiger partial charge in [-0.15, -0.1) is 0 Å². The normalized spacial score (nSPS) is 13.7. The average molecular weight is 408 g/mol. The quantitative estimate of drug-likeness (QED) is 0.538. The molecule has 0 saturated heterocycles. The van der Waals surface area contributed by atoms with Gasteiger partial charge in [0, 0.05) is 38.0 Å². The van der Waals surface area contributed by atoms with Gasteiger partial charge in [-0.3, -0.25) is 4.79 Å². The van der Waals surface area contributed by atoms with Crippen LogP contribution in [0.25, 0.3) is 16.9 Å². The molecule has 158 valence electrons. The fraction of sp³-hybridized carbons (Fsp3) is 0.478. The highest BCUT2D eigenvalue weighted by atomic mass is 16.5. The van der Waals surface area contributed by atoms with Gasteiger partial charge < -0.3 is 9.64 Å². The van der Waals surface area contributed by atoms with Crippen LogP contribution in [0.3, 0.4) is 0 Å². The summed E-state index contributed by atoms with van der Waals surface area (Å²) in [7, 11) is 1.67. The summed E-state index contributed by atoms with van der Waals surface area (Å²) < 4.78 is 7.02. The summed E-state index contributed by atoms with van der Waals surface area (Å²) in [6, 6.07) is 7.71. The van der Waals surface area contributed by atoms with Crippen molar-refractivity contribution in [3.63, 3.8) is 0 Å². The molecule has 0 atom stereocenters. The molecule has 0 aromatic carbocycles. The zero-order chi connectivity index (χ0) is 21.1. The summed E-state index contributed by atoms with van der Waals surface area (Å²) in [6.45, 7) is 5.88. The predicted molar refractivity (Wildman–Crippen MR) is 116 cm³/mol. The van der Waals surface area contributed by atoms with Crippen molar-refractivity contribution in [1.29, 1.82) is 0 Å². The van der Waals surface area contributed by atoms with E-state index in [9.17, 15) is 4.79 Å². The lowest BCUT2D eigenvalue weighted by molar-refractivity contribution is 0.0694. The number of pyridine rings is 2. The van der Waals surface area contributed by atoms with Crippen molar-refractivity contribution in [2.45, 2.75) is 45.4 Å². The Balaban J connectivity index is 1.84. The van der Waals surface area contributed by atoms with Gasteiger partial charge in [-0.05, 0) is 44.4 Å². The van der Waals surface area contributed by atoms with Crippen LogP contribution in [-0.4, -0.2) is 57.4 Å². The standard InChI is InChI=1S/C23H29N5O2/c1-4-5-12-27(13-14-30-3)23(29)18-15-19(17-9-10-17)25-22-21(18)16(2)26-28(22)20-8-6-7-11-24-20/h6-8,11,15,17H,4-5,9-10,12-14H2,1-3H3. The van der Waals surface area contributed by atoms with Gasteiger partial charge in [0.15, 0.2) is 11.5 Å². The molecule has 1 aliphatic carbocycles. The number of aryl methyl sites for hydroxylation is 1. The Hall–Kier alpha value is -2.80. The Morgan fingerprint density at radius 2 is 2.13 bits per heavy atom. The first-order valence-electron chi connectivity index (χ1n) is 10.7. The van der Waals surface area contributed by atoms with Gasteiger partial charge in [-0.2, -0.15) is 9.78 Å².